The fourth-order valence-electron chi connectivity index (χ4n) is 3.50. The number of likely N-dealkylation sites (N-methyl/N-ethyl adjacent to an activating group) is 1. The zero-order valence-electron chi connectivity index (χ0n) is 11.0. The lowest BCUT2D eigenvalue weighted by molar-refractivity contribution is 0.0842. The largest absolute Gasteiger partial charge is 0.313 e. The van der Waals surface area contributed by atoms with Crippen molar-refractivity contribution in [3.63, 3.8) is 0 Å². The van der Waals surface area contributed by atoms with Crippen LogP contribution in [0.4, 0.5) is 0 Å². The molecule has 16 heavy (non-hydrogen) atoms. The summed E-state index contributed by atoms with van der Waals surface area (Å²) in [6.07, 6.45) is 8.51. The average Bonchev–Trinajstić information content (AvgIpc) is 2.33. The van der Waals surface area contributed by atoms with Crippen molar-refractivity contribution in [2.24, 2.45) is 5.92 Å². The van der Waals surface area contributed by atoms with E-state index in [2.05, 4.69) is 24.1 Å². The molecule has 0 aromatic heterocycles. The van der Waals surface area contributed by atoms with Crippen molar-refractivity contribution in [3.05, 3.63) is 0 Å². The fraction of sp³-hybridized carbons (Fsp3) is 1.00. The molecule has 0 bridgehead atoms. The molecule has 0 radical (unpaired) electrons. The van der Waals surface area contributed by atoms with Gasteiger partial charge in [0, 0.05) is 12.1 Å². The van der Waals surface area contributed by atoms with Gasteiger partial charge in [0.25, 0.3) is 0 Å². The summed E-state index contributed by atoms with van der Waals surface area (Å²) in [5, 5.41) is 3.71. The van der Waals surface area contributed by atoms with Crippen LogP contribution in [0.25, 0.3) is 0 Å². The van der Waals surface area contributed by atoms with E-state index in [1.807, 2.05) is 0 Å². The van der Waals surface area contributed by atoms with Gasteiger partial charge in [0.15, 0.2) is 0 Å². The molecular formula is C14H28N2. The van der Waals surface area contributed by atoms with Crippen molar-refractivity contribution in [2.45, 2.75) is 64.5 Å². The molecule has 0 amide bonds. The summed E-state index contributed by atoms with van der Waals surface area (Å²) in [4.78, 5) is 2.77. The van der Waals surface area contributed by atoms with Gasteiger partial charge in [0.2, 0.25) is 0 Å². The summed E-state index contributed by atoms with van der Waals surface area (Å²) in [6, 6.07) is 1.59. The van der Waals surface area contributed by atoms with Gasteiger partial charge in [-0.15, -0.1) is 0 Å². The van der Waals surface area contributed by atoms with Gasteiger partial charge in [-0.3, -0.25) is 4.90 Å². The number of likely N-dealkylation sites (tertiary alicyclic amines) is 1. The van der Waals surface area contributed by atoms with Gasteiger partial charge >= 0.3 is 0 Å². The molecule has 2 rings (SSSR count). The summed E-state index contributed by atoms with van der Waals surface area (Å²) < 4.78 is 0. The Balaban J connectivity index is 1.95. The van der Waals surface area contributed by atoms with Crippen LogP contribution in [0.5, 0.6) is 0 Å². The molecule has 0 aromatic carbocycles. The molecule has 2 fully saturated rings. The van der Waals surface area contributed by atoms with Crippen molar-refractivity contribution in [3.8, 4) is 0 Å². The van der Waals surface area contributed by atoms with Crippen molar-refractivity contribution < 1.29 is 0 Å². The molecule has 0 aromatic rings. The third-order valence-corrected chi connectivity index (χ3v) is 4.40. The highest BCUT2D eigenvalue weighted by atomic mass is 15.2. The van der Waals surface area contributed by atoms with Crippen LogP contribution in [-0.2, 0) is 0 Å². The highest BCUT2D eigenvalue weighted by Gasteiger charge is 2.32. The first kappa shape index (κ1) is 12.4. The summed E-state index contributed by atoms with van der Waals surface area (Å²) in [6.45, 7) is 8.49. The normalized spacial score (nSPS) is 37.5. The maximum absolute atomic E-state index is 3.71. The summed E-state index contributed by atoms with van der Waals surface area (Å²) >= 11 is 0. The maximum Gasteiger partial charge on any atom is 0.0251 e. The molecule has 3 atom stereocenters. The van der Waals surface area contributed by atoms with Crippen LogP contribution < -0.4 is 5.32 Å². The predicted molar refractivity (Wildman–Crippen MR) is 69.7 cm³/mol. The maximum atomic E-state index is 3.71. The van der Waals surface area contributed by atoms with Gasteiger partial charge < -0.3 is 5.32 Å². The SMILES string of the molecule is CCNC1CCC(C)CC1N1CCCCC1. The zero-order valence-corrected chi connectivity index (χ0v) is 11.0. The standard InChI is InChI=1S/C14H28N2/c1-3-15-13-8-7-12(2)11-14(13)16-9-5-4-6-10-16/h12-15H,3-11H2,1-2H3. The number of piperidine rings is 1. The van der Waals surface area contributed by atoms with Gasteiger partial charge in [0.1, 0.15) is 0 Å². The number of nitrogens with zero attached hydrogens (tertiary/aromatic N) is 1. The molecule has 3 unspecified atom stereocenters. The van der Waals surface area contributed by atoms with E-state index in [1.165, 1.54) is 51.6 Å². The Morgan fingerprint density at radius 2 is 1.88 bits per heavy atom. The van der Waals surface area contributed by atoms with Crippen LogP contribution in [-0.4, -0.2) is 36.6 Å². The Hall–Kier alpha value is -0.0800. The Morgan fingerprint density at radius 3 is 2.56 bits per heavy atom. The molecular weight excluding hydrogens is 196 g/mol. The predicted octanol–water partition coefficient (Wildman–Crippen LogP) is 2.64. The number of hydrogen-bond acceptors (Lipinski definition) is 2. The van der Waals surface area contributed by atoms with Gasteiger partial charge in [0.05, 0.1) is 0 Å². The van der Waals surface area contributed by atoms with Crippen molar-refractivity contribution in [1.29, 1.82) is 0 Å². The third-order valence-electron chi connectivity index (χ3n) is 4.40. The summed E-state index contributed by atoms with van der Waals surface area (Å²) in [5.74, 6) is 0.932. The van der Waals surface area contributed by atoms with Gasteiger partial charge in [-0.2, -0.15) is 0 Å². The highest BCUT2D eigenvalue weighted by molar-refractivity contribution is 4.90. The van der Waals surface area contributed by atoms with Crippen LogP contribution >= 0.6 is 0 Å². The second-order valence-corrected chi connectivity index (χ2v) is 5.75. The molecule has 2 heteroatoms. The first-order valence-corrected chi connectivity index (χ1v) is 7.28. The van der Waals surface area contributed by atoms with Crippen molar-refractivity contribution in [1.82, 2.24) is 10.2 Å². The second kappa shape index (κ2) is 6.02. The number of hydrogen-bond donors (Lipinski definition) is 1. The molecule has 1 saturated carbocycles. The molecule has 1 saturated heterocycles. The first-order valence-electron chi connectivity index (χ1n) is 7.28. The Morgan fingerprint density at radius 1 is 1.12 bits per heavy atom. The lowest BCUT2D eigenvalue weighted by atomic mass is 9.82. The van der Waals surface area contributed by atoms with E-state index >= 15 is 0 Å². The lowest BCUT2D eigenvalue weighted by Crippen LogP contribution is -2.54. The molecule has 0 spiro atoms. The van der Waals surface area contributed by atoms with E-state index in [1.54, 1.807) is 0 Å². The molecule has 2 aliphatic rings. The Labute approximate surface area is 101 Å². The molecule has 1 N–H and O–H groups in total. The smallest absolute Gasteiger partial charge is 0.0251 e. The Kier molecular flexibility index (Phi) is 4.66. The second-order valence-electron chi connectivity index (χ2n) is 5.75. The zero-order chi connectivity index (χ0) is 11.4. The number of nitrogens with one attached hydrogen (secondary N) is 1. The van der Waals surface area contributed by atoms with Gasteiger partial charge in [-0.1, -0.05) is 20.3 Å². The number of rotatable bonds is 3. The summed E-state index contributed by atoms with van der Waals surface area (Å²) in [7, 11) is 0. The van der Waals surface area contributed by atoms with E-state index in [0.29, 0.717) is 0 Å². The first-order chi connectivity index (χ1) is 7.81. The quantitative estimate of drug-likeness (QED) is 0.793. The fourth-order valence-corrected chi connectivity index (χ4v) is 3.50. The van der Waals surface area contributed by atoms with E-state index in [4.69, 9.17) is 0 Å². The highest BCUT2D eigenvalue weighted by Crippen LogP contribution is 2.29. The molecule has 94 valence electrons. The summed E-state index contributed by atoms with van der Waals surface area (Å²) in [5.41, 5.74) is 0. The van der Waals surface area contributed by atoms with Gasteiger partial charge in [-0.25, -0.2) is 0 Å². The van der Waals surface area contributed by atoms with Gasteiger partial charge in [-0.05, 0) is 57.7 Å². The third kappa shape index (κ3) is 2.98. The van der Waals surface area contributed by atoms with Crippen LogP contribution in [0.15, 0.2) is 0 Å². The molecule has 2 nitrogen and oxygen atoms in total. The monoisotopic (exact) mass is 224 g/mol. The van der Waals surface area contributed by atoms with Crippen molar-refractivity contribution >= 4 is 0 Å². The minimum Gasteiger partial charge on any atom is -0.313 e. The topological polar surface area (TPSA) is 15.3 Å². The van der Waals surface area contributed by atoms with Crippen LogP contribution in [0.1, 0.15) is 52.4 Å². The Bertz CT molecular complexity index is 194. The minimum atomic E-state index is 0.763. The van der Waals surface area contributed by atoms with E-state index in [0.717, 1.165) is 24.5 Å². The van der Waals surface area contributed by atoms with Crippen molar-refractivity contribution in [2.75, 3.05) is 19.6 Å². The average molecular weight is 224 g/mol. The molecule has 1 aliphatic heterocycles. The van der Waals surface area contributed by atoms with Crippen LogP contribution in [0, 0.1) is 5.92 Å². The molecule has 1 heterocycles. The van der Waals surface area contributed by atoms with E-state index in [9.17, 15) is 0 Å². The molecule has 1 aliphatic carbocycles. The lowest BCUT2D eigenvalue weighted by Gasteiger charge is -2.44. The minimum absolute atomic E-state index is 0.763. The van der Waals surface area contributed by atoms with E-state index in [-0.39, 0.29) is 0 Å². The van der Waals surface area contributed by atoms with Crippen LogP contribution in [0.3, 0.4) is 0 Å². The van der Waals surface area contributed by atoms with E-state index < -0.39 is 0 Å². The van der Waals surface area contributed by atoms with Crippen LogP contribution in [0.2, 0.25) is 0 Å².